The maximum atomic E-state index is 12.9. The van der Waals surface area contributed by atoms with Crippen LogP contribution in [0.2, 0.25) is 0 Å². The monoisotopic (exact) mass is 429 g/mol. The molecule has 1 aromatic carbocycles. The summed E-state index contributed by atoms with van der Waals surface area (Å²) in [6.07, 6.45) is 0.965. The van der Waals surface area contributed by atoms with Crippen LogP contribution in [0.15, 0.2) is 46.2 Å². The third-order valence-electron chi connectivity index (χ3n) is 5.01. The van der Waals surface area contributed by atoms with Gasteiger partial charge in [0.25, 0.3) is 5.91 Å². The van der Waals surface area contributed by atoms with E-state index in [1.54, 1.807) is 35.6 Å². The Morgan fingerprint density at radius 2 is 1.93 bits per heavy atom. The predicted molar refractivity (Wildman–Crippen MR) is 112 cm³/mol. The van der Waals surface area contributed by atoms with Crippen molar-refractivity contribution in [2.45, 2.75) is 26.5 Å². The van der Waals surface area contributed by atoms with E-state index in [2.05, 4.69) is 22.2 Å². The zero-order valence-corrected chi connectivity index (χ0v) is 17.7. The van der Waals surface area contributed by atoms with Gasteiger partial charge in [0.2, 0.25) is 0 Å². The number of aryl methyl sites for hydroxylation is 1. The van der Waals surface area contributed by atoms with Gasteiger partial charge in [-0.1, -0.05) is 6.92 Å². The molecule has 1 saturated heterocycles. The highest BCUT2D eigenvalue weighted by atomic mass is 32.1. The van der Waals surface area contributed by atoms with E-state index in [-0.39, 0.29) is 18.3 Å². The Hall–Kier alpha value is -2.71. The molecule has 6 nitrogen and oxygen atoms in total. The number of carbonyl (C=O) groups is 1. The van der Waals surface area contributed by atoms with Crippen LogP contribution in [-0.4, -0.2) is 46.9 Å². The van der Waals surface area contributed by atoms with Crippen LogP contribution in [0, 0.1) is 5.82 Å². The lowest BCUT2D eigenvalue weighted by Gasteiger charge is -2.33. The lowest BCUT2D eigenvalue weighted by molar-refractivity contribution is 0.0593. The van der Waals surface area contributed by atoms with Gasteiger partial charge in [0.15, 0.2) is 5.76 Å². The Morgan fingerprint density at radius 3 is 2.63 bits per heavy atom. The first-order chi connectivity index (χ1) is 14.6. The van der Waals surface area contributed by atoms with Crippen LogP contribution >= 0.6 is 11.3 Å². The van der Waals surface area contributed by atoms with Crippen LogP contribution in [-0.2, 0) is 19.6 Å². The van der Waals surface area contributed by atoms with Crippen molar-refractivity contribution in [3.05, 3.63) is 69.8 Å². The smallest absolute Gasteiger partial charge is 0.289 e. The number of benzene rings is 1. The number of rotatable bonds is 7. The summed E-state index contributed by atoms with van der Waals surface area (Å²) in [4.78, 5) is 21.5. The third-order valence-corrected chi connectivity index (χ3v) is 6.06. The first-order valence-corrected chi connectivity index (χ1v) is 10.9. The van der Waals surface area contributed by atoms with Crippen LogP contribution in [0.3, 0.4) is 0 Å². The minimum atomic E-state index is -0.314. The molecule has 3 heterocycles. The number of hydrogen-bond acceptors (Lipinski definition) is 6. The average molecular weight is 430 g/mol. The van der Waals surface area contributed by atoms with E-state index in [1.807, 2.05) is 4.90 Å². The summed E-state index contributed by atoms with van der Waals surface area (Å²) in [5, 5.41) is 3.28. The molecule has 1 aliphatic heterocycles. The molecule has 4 rings (SSSR count). The summed E-state index contributed by atoms with van der Waals surface area (Å²) in [5.74, 6) is 0.989. The summed E-state index contributed by atoms with van der Waals surface area (Å²) in [6, 6.07) is 9.20. The average Bonchev–Trinajstić information content (AvgIpc) is 3.43. The Labute approximate surface area is 178 Å². The van der Waals surface area contributed by atoms with Crippen molar-refractivity contribution >= 4 is 17.2 Å². The molecule has 1 fully saturated rings. The molecule has 0 unspecified atom stereocenters. The first-order valence-electron chi connectivity index (χ1n) is 10.0. The molecule has 0 N–H and O–H groups in total. The van der Waals surface area contributed by atoms with Crippen molar-refractivity contribution in [1.82, 2.24) is 14.8 Å². The van der Waals surface area contributed by atoms with Crippen molar-refractivity contribution in [1.29, 1.82) is 0 Å². The molecule has 0 aliphatic carbocycles. The second-order valence-electron chi connectivity index (χ2n) is 7.16. The normalized spacial score (nSPS) is 14.8. The first kappa shape index (κ1) is 20.6. The fourth-order valence-electron chi connectivity index (χ4n) is 3.33. The Morgan fingerprint density at radius 1 is 1.17 bits per heavy atom. The minimum absolute atomic E-state index is 0.107. The summed E-state index contributed by atoms with van der Waals surface area (Å²) >= 11 is 1.70. The number of furan rings is 1. The summed E-state index contributed by atoms with van der Waals surface area (Å²) in [6.45, 7) is 6.06. The molecular formula is C22H24FN3O3S. The number of piperazine rings is 1. The zero-order chi connectivity index (χ0) is 20.9. The maximum absolute atomic E-state index is 12.9. The number of carbonyl (C=O) groups excluding carboxylic acids is 1. The van der Waals surface area contributed by atoms with Gasteiger partial charge in [-0.15, -0.1) is 11.3 Å². The van der Waals surface area contributed by atoms with Gasteiger partial charge >= 0.3 is 0 Å². The molecule has 1 aliphatic rings. The van der Waals surface area contributed by atoms with E-state index in [9.17, 15) is 9.18 Å². The number of thiazole rings is 1. The second-order valence-corrected chi connectivity index (χ2v) is 8.11. The van der Waals surface area contributed by atoms with Crippen LogP contribution in [0.4, 0.5) is 4.39 Å². The standard InChI is InChI=1S/C22H24FN3O3S/c1-2-21-24-17(15-30-21)13-25-9-11-26(12-10-25)22(27)20-8-7-19(29-20)14-28-18-5-3-16(23)4-6-18/h3-8,15H,2,9-14H2,1H3. The number of nitrogens with zero attached hydrogens (tertiary/aromatic N) is 3. The summed E-state index contributed by atoms with van der Waals surface area (Å²) in [5.41, 5.74) is 1.11. The van der Waals surface area contributed by atoms with Gasteiger partial charge in [-0.2, -0.15) is 0 Å². The lowest BCUT2D eigenvalue weighted by Crippen LogP contribution is -2.48. The highest BCUT2D eigenvalue weighted by Gasteiger charge is 2.24. The number of aromatic nitrogens is 1. The van der Waals surface area contributed by atoms with Crippen molar-refractivity contribution in [2.24, 2.45) is 0 Å². The van der Waals surface area contributed by atoms with Gasteiger partial charge in [-0.3, -0.25) is 9.69 Å². The van der Waals surface area contributed by atoms with Gasteiger partial charge in [0.05, 0.1) is 10.7 Å². The SMILES string of the molecule is CCc1nc(CN2CCN(C(=O)c3ccc(COc4ccc(F)cc4)o3)CC2)cs1. The number of hydrogen-bond donors (Lipinski definition) is 0. The number of halogens is 1. The fraction of sp³-hybridized carbons (Fsp3) is 0.364. The van der Waals surface area contributed by atoms with Gasteiger partial charge in [0, 0.05) is 38.1 Å². The van der Waals surface area contributed by atoms with Crippen LogP contribution in [0.5, 0.6) is 5.75 Å². The van der Waals surface area contributed by atoms with E-state index in [1.165, 1.54) is 12.1 Å². The molecule has 0 radical (unpaired) electrons. The number of ether oxygens (including phenoxy) is 1. The van der Waals surface area contributed by atoms with Crippen LogP contribution < -0.4 is 4.74 Å². The molecule has 3 aromatic rings. The van der Waals surface area contributed by atoms with E-state index in [4.69, 9.17) is 9.15 Å². The molecule has 8 heteroatoms. The topological polar surface area (TPSA) is 58.8 Å². The maximum Gasteiger partial charge on any atom is 0.289 e. The molecule has 158 valence electrons. The lowest BCUT2D eigenvalue weighted by atomic mass is 10.2. The minimum Gasteiger partial charge on any atom is -0.486 e. The molecular weight excluding hydrogens is 405 g/mol. The molecule has 1 amide bonds. The van der Waals surface area contributed by atoms with E-state index >= 15 is 0 Å². The van der Waals surface area contributed by atoms with E-state index < -0.39 is 0 Å². The van der Waals surface area contributed by atoms with Crippen molar-refractivity contribution in [3.63, 3.8) is 0 Å². The molecule has 2 aromatic heterocycles. The Bertz CT molecular complexity index is 978. The Kier molecular flexibility index (Phi) is 6.44. The quantitative estimate of drug-likeness (QED) is 0.569. The highest BCUT2D eigenvalue weighted by molar-refractivity contribution is 7.09. The number of amides is 1. The molecule has 0 saturated carbocycles. The van der Waals surface area contributed by atoms with Gasteiger partial charge in [-0.25, -0.2) is 9.37 Å². The largest absolute Gasteiger partial charge is 0.486 e. The molecule has 30 heavy (non-hydrogen) atoms. The van der Waals surface area contributed by atoms with E-state index in [0.29, 0.717) is 30.4 Å². The van der Waals surface area contributed by atoms with Crippen molar-refractivity contribution in [3.8, 4) is 5.75 Å². The third kappa shape index (κ3) is 5.06. The second kappa shape index (κ2) is 9.40. The van der Waals surface area contributed by atoms with Crippen LogP contribution in [0.1, 0.15) is 33.9 Å². The fourth-order valence-corrected chi connectivity index (χ4v) is 4.07. The van der Waals surface area contributed by atoms with E-state index in [0.717, 1.165) is 36.8 Å². The van der Waals surface area contributed by atoms with Crippen LogP contribution in [0.25, 0.3) is 0 Å². The molecule has 0 bridgehead atoms. The molecule has 0 spiro atoms. The van der Waals surface area contributed by atoms with Gasteiger partial charge < -0.3 is 14.1 Å². The van der Waals surface area contributed by atoms with Crippen molar-refractivity contribution in [2.75, 3.05) is 26.2 Å². The predicted octanol–water partition coefficient (Wildman–Crippen LogP) is 3.97. The highest BCUT2D eigenvalue weighted by Crippen LogP contribution is 2.18. The van der Waals surface area contributed by atoms with Gasteiger partial charge in [0.1, 0.15) is 23.9 Å². The zero-order valence-electron chi connectivity index (χ0n) is 16.8. The summed E-state index contributed by atoms with van der Waals surface area (Å²) < 4.78 is 24.2. The Balaban J connectivity index is 1.26. The summed E-state index contributed by atoms with van der Waals surface area (Å²) in [7, 11) is 0. The van der Waals surface area contributed by atoms with Gasteiger partial charge in [-0.05, 0) is 42.8 Å². The van der Waals surface area contributed by atoms with Crippen molar-refractivity contribution < 1.29 is 18.3 Å². The molecule has 0 atom stereocenters.